The van der Waals surface area contributed by atoms with Gasteiger partial charge in [-0.15, -0.1) is 0 Å². The van der Waals surface area contributed by atoms with Gasteiger partial charge in [0.1, 0.15) is 10.6 Å². The fraction of sp³-hybridized carbons (Fsp3) is 0.381. The van der Waals surface area contributed by atoms with Crippen LogP contribution in [0.3, 0.4) is 0 Å². The van der Waals surface area contributed by atoms with E-state index in [1.807, 2.05) is 39.0 Å². The Kier molecular flexibility index (Phi) is 5.96. The Bertz CT molecular complexity index is 1150. The van der Waals surface area contributed by atoms with Crippen molar-refractivity contribution >= 4 is 10.0 Å². The summed E-state index contributed by atoms with van der Waals surface area (Å²) in [6.45, 7) is 9.43. The van der Waals surface area contributed by atoms with Gasteiger partial charge >= 0.3 is 0 Å². The normalized spacial score (nSPS) is 12.2. The maximum atomic E-state index is 13.1. The molecule has 3 heterocycles. The summed E-state index contributed by atoms with van der Waals surface area (Å²) in [7, 11) is -2.23. The van der Waals surface area contributed by atoms with Gasteiger partial charge in [-0.1, -0.05) is 6.07 Å². The molecule has 3 aromatic heterocycles. The van der Waals surface area contributed by atoms with Crippen molar-refractivity contribution in [3.05, 3.63) is 53.6 Å². The van der Waals surface area contributed by atoms with Gasteiger partial charge in [-0.05, 0) is 46.8 Å². The minimum absolute atomic E-state index is 0.0128. The van der Waals surface area contributed by atoms with Gasteiger partial charge in [-0.2, -0.15) is 5.10 Å². The van der Waals surface area contributed by atoms with Crippen molar-refractivity contribution in [2.75, 3.05) is 7.11 Å². The second-order valence-electron chi connectivity index (χ2n) is 8.01. The summed E-state index contributed by atoms with van der Waals surface area (Å²) in [5.41, 5.74) is 2.55. The fourth-order valence-corrected chi connectivity index (χ4v) is 4.71. The van der Waals surface area contributed by atoms with Crippen LogP contribution in [0, 0.1) is 13.8 Å². The minimum atomic E-state index is -3.79. The van der Waals surface area contributed by atoms with Crippen LogP contribution in [-0.4, -0.2) is 35.3 Å². The molecule has 8 nitrogen and oxygen atoms in total. The number of ether oxygens (including phenoxy) is 1. The molecule has 0 spiro atoms. The monoisotopic (exact) mass is 429 g/mol. The smallest absolute Gasteiger partial charge is 0.244 e. The van der Waals surface area contributed by atoms with E-state index >= 15 is 0 Å². The SMILES string of the molecule is COc1cc(CNS(=O)(=O)c2c(C)nn(C(C)(C)C)c2C)nc(-c2ccccn2)c1. The number of rotatable bonds is 6. The predicted octanol–water partition coefficient (Wildman–Crippen LogP) is 3.20. The van der Waals surface area contributed by atoms with E-state index in [4.69, 9.17) is 4.74 Å². The third-order valence-corrected chi connectivity index (χ3v) is 6.24. The van der Waals surface area contributed by atoms with Crippen LogP contribution in [0.1, 0.15) is 37.9 Å². The van der Waals surface area contributed by atoms with Crippen LogP contribution in [0.25, 0.3) is 11.4 Å². The average molecular weight is 430 g/mol. The molecule has 0 unspecified atom stereocenters. The van der Waals surface area contributed by atoms with Crippen molar-refractivity contribution in [2.45, 2.75) is 51.6 Å². The highest BCUT2D eigenvalue weighted by atomic mass is 32.2. The van der Waals surface area contributed by atoms with Crippen LogP contribution in [0.5, 0.6) is 5.75 Å². The van der Waals surface area contributed by atoms with Gasteiger partial charge in [0.15, 0.2) is 0 Å². The lowest BCUT2D eigenvalue weighted by Gasteiger charge is -2.21. The molecule has 0 aromatic carbocycles. The molecule has 0 saturated carbocycles. The van der Waals surface area contributed by atoms with E-state index in [9.17, 15) is 8.42 Å². The number of sulfonamides is 1. The largest absolute Gasteiger partial charge is 0.497 e. The number of nitrogens with zero attached hydrogens (tertiary/aromatic N) is 4. The number of aryl methyl sites for hydroxylation is 1. The standard InChI is InChI=1S/C21H27N5O3S/c1-14-20(15(2)26(25-14)21(3,4)5)30(27,28)23-13-16-11-17(29-6)12-19(24-16)18-9-7-8-10-22-18/h7-12,23H,13H2,1-6H3. The van der Waals surface area contributed by atoms with E-state index < -0.39 is 10.0 Å². The highest BCUT2D eigenvalue weighted by Gasteiger charge is 2.28. The van der Waals surface area contributed by atoms with Crippen molar-refractivity contribution in [3.63, 3.8) is 0 Å². The van der Waals surface area contributed by atoms with Crippen molar-refractivity contribution in [1.82, 2.24) is 24.5 Å². The fourth-order valence-electron chi connectivity index (χ4n) is 3.33. The molecular formula is C21H27N5O3S. The van der Waals surface area contributed by atoms with Gasteiger partial charge in [0.25, 0.3) is 0 Å². The van der Waals surface area contributed by atoms with Crippen molar-refractivity contribution < 1.29 is 13.2 Å². The van der Waals surface area contributed by atoms with E-state index in [-0.39, 0.29) is 17.0 Å². The third-order valence-electron chi connectivity index (χ3n) is 4.59. The summed E-state index contributed by atoms with van der Waals surface area (Å²) in [5, 5.41) is 4.44. The van der Waals surface area contributed by atoms with E-state index in [1.165, 1.54) is 0 Å². The zero-order valence-corrected chi connectivity index (χ0v) is 18.9. The Balaban J connectivity index is 1.91. The zero-order chi connectivity index (χ0) is 22.1. The second-order valence-corrected chi connectivity index (χ2v) is 9.71. The molecule has 0 saturated heterocycles. The topological polar surface area (TPSA) is 99.0 Å². The first-order valence-corrected chi connectivity index (χ1v) is 11.0. The summed E-state index contributed by atoms with van der Waals surface area (Å²) in [6.07, 6.45) is 1.68. The van der Waals surface area contributed by atoms with Crippen LogP contribution < -0.4 is 9.46 Å². The average Bonchev–Trinajstić information content (AvgIpc) is 3.02. The molecule has 0 aliphatic carbocycles. The molecule has 0 bridgehead atoms. The lowest BCUT2D eigenvalue weighted by atomic mass is 10.1. The Labute approximate surface area is 177 Å². The highest BCUT2D eigenvalue weighted by molar-refractivity contribution is 7.89. The zero-order valence-electron chi connectivity index (χ0n) is 18.1. The summed E-state index contributed by atoms with van der Waals surface area (Å²) in [4.78, 5) is 9.05. The van der Waals surface area contributed by atoms with Gasteiger partial charge < -0.3 is 4.74 Å². The van der Waals surface area contributed by atoms with Gasteiger partial charge in [0.2, 0.25) is 10.0 Å². The minimum Gasteiger partial charge on any atom is -0.497 e. The van der Waals surface area contributed by atoms with Crippen LogP contribution in [0.15, 0.2) is 41.4 Å². The molecule has 9 heteroatoms. The third kappa shape index (κ3) is 4.52. The van der Waals surface area contributed by atoms with Gasteiger partial charge in [-0.3, -0.25) is 9.67 Å². The van der Waals surface area contributed by atoms with Gasteiger partial charge in [0, 0.05) is 18.3 Å². The maximum Gasteiger partial charge on any atom is 0.244 e. The quantitative estimate of drug-likeness (QED) is 0.646. The van der Waals surface area contributed by atoms with E-state index in [0.29, 0.717) is 34.2 Å². The Morgan fingerprint density at radius 2 is 1.87 bits per heavy atom. The molecule has 0 radical (unpaired) electrons. The Morgan fingerprint density at radius 3 is 2.43 bits per heavy atom. The number of hydrogen-bond acceptors (Lipinski definition) is 6. The van der Waals surface area contributed by atoms with Gasteiger partial charge in [-0.25, -0.2) is 18.1 Å². The van der Waals surface area contributed by atoms with Crippen LogP contribution in [0.2, 0.25) is 0 Å². The molecule has 0 aliphatic rings. The number of pyridine rings is 2. The van der Waals surface area contributed by atoms with Crippen LogP contribution in [0.4, 0.5) is 0 Å². The second kappa shape index (κ2) is 8.16. The van der Waals surface area contributed by atoms with Crippen molar-refractivity contribution in [1.29, 1.82) is 0 Å². The Morgan fingerprint density at radius 1 is 1.13 bits per heavy atom. The van der Waals surface area contributed by atoms with Crippen molar-refractivity contribution in [2.24, 2.45) is 0 Å². The molecule has 3 rings (SSSR count). The molecule has 0 fully saturated rings. The molecule has 0 atom stereocenters. The molecular weight excluding hydrogens is 402 g/mol. The molecule has 3 aromatic rings. The number of methoxy groups -OCH3 is 1. The summed E-state index contributed by atoms with van der Waals surface area (Å²) in [6, 6.07) is 8.99. The predicted molar refractivity (Wildman–Crippen MR) is 115 cm³/mol. The van der Waals surface area contributed by atoms with Crippen LogP contribution >= 0.6 is 0 Å². The number of hydrogen-bond donors (Lipinski definition) is 1. The maximum absolute atomic E-state index is 13.1. The molecule has 160 valence electrons. The van der Waals surface area contributed by atoms with E-state index in [2.05, 4.69) is 19.8 Å². The molecule has 0 aliphatic heterocycles. The lowest BCUT2D eigenvalue weighted by Crippen LogP contribution is -2.27. The Hall–Kier alpha value is -2.78. The summed E-state index contributed by atoms with van der Waals surface area (Å²) in [5.74, 6) is 0.577. The van der Waals surface area contributed by atoms with Crippen LogP contribution in [-0.2, 0) is 22.1 Å². The number of nitrogens with one attached hydrogen (secondary N) is 1. The first kappa shape index (κ1) is 21.9. The molecule has 30 heavy (non-hydrogen) atoms. The first-order chi connectivity index (χ1) is 14.0. The summed E-state index contributed by atoms with van der Waals surface area (Å²) < 4.78 is 35.9. The van der Waals surface area contributed by atoms with E-state index in [0.717, 1.165) is 0 Å². The van der Waals surface area contributed by atoms with E-state index in [1.54, 1.807) is 44.0 Å². The molecule has 0 amide bonds. The first-order valence-electron chi connectivity index (χ1n) is 9.55. The van der Waals surface area contributed by atoms with Crippen molar-refractivity contribution in [3.8, 4) is 17.1 Å². The van der Waals surface area contributed by atoms with Gasteiger partial charge in [0.05, 0.1) is 47.7 Å². The molecule has 1 N–H and O–H groups in total. The summed E-state index contributed by atoms with van der Waals surface area (Å²) >= 11 is 0. The highest BCUT2D eigenvalue weighted by Crippen LogP contribution is 2.26. The lowest BCUT2D eigenvalue weighted by molar-refractivity contribution is 0.345. The number of aromatic nitrogens is 4.